The quantitative estimate of drug-likeness (QED) is 0.668. The van der Waals surface area contributed by atoms with Gasteiger partial charge in [-0.2, -0.15) is 13.9 Å². The Morgan fingerprint density at radius 2 is 1.93 bits per heavy atom. The van der Waals surface area contributed by atoms with Crippen LogP contribution in [0.3, 0.4) is 0 Å². The minimum absolute atomic E-state index is 0.00398. The minimum atomic E-state index is -2.91. The van der Waals surface area contributed by atoms with Crippen molar-refractivity contribution in [2.45, 2.75) is 20.5 Å². The van der Waals surface area contributed by atoms with Gasteiger partial charge in [-0.3, -0.25) is 4.79 Å². The molecule has 2 aromatic heterocycles. The Balaban J connectivity index is 1.38. The first-order chi connectivity index (χ1) is 14.4. The van der Waals surface area contributed by atoms with E-state index in [0.29, 0.717) is 30.4 Å². The molecule has 0 unspecified atom stereocenters. The normalized spacial score (nSPS) is 14.0. The molecule has 30 heavy (non-hydrogen) atoms. The Kier molecular flexibility index (Phi) is 5.30. The van der Waals surface area contributed by atoms with Crippen LogP contribution in [0.15, 0.2) is 42.7 Å². The number of hydrogen-bond donors (Lipinski definition) is 1. The average Bonchev–Trinajstić information content (AvgIpc) is 2.99. The van der Waals surface area contributed by atoms with Gasteiger partial charge < -0.3 is 15.0 Å². The highest BCUT2D eigenvalue weighted by Gasteiger charge is 2.33. The summed E-state index contributed by atoms with van der Waals surface area (Å²) in [5.74, 6) is 0.944. The standard InChI is InChI=1S/C20H20F2N6O2/c1-12-6-13(2)28(26-12)18-8-17(23-11-24-18)27-9-14(10-27)19(29)25-15-4-3-5-16(7-15)30-20(21)22/h3-8,11,14,20H,9-10H2,1-2H3,(H,25,29). The first kappa shape index (κ1) is 19.7. The summed E-state index contributed by atoms with van der Waals surface area (Å²) >= 11 is 0. The maximum absolute atomic E-state index is 12.5. The van der Waals surface area contributed by atoms with Crippen molar-refractivity contribution in [2.24, 2.45) is 5.92 Å². The van der Waals surface area contributed by atoms with Gasteiger partial charge in [-0.1, -0.05) is 6.07 Å². The van der Waals surface area contributed by atoms with Crippen molar-refractivity contribution in [3.05, 3.63) is 54.1 Å². The predicted molar refractivity (Wildman–Crippen MR) is 106 cm³/mol. The number of alkyl halides is 2. The molecule has 0 atom stereocenters. The molecule has 1 aliphatic rings. The lowest BCUT2D eigenvalue weighted by Crippen LogP contribution is -2.52. The summed E-state index contributed by atoms with van der Waals surface area (Å²) in [7, 11) is 0. The third-order valence-corrected chi connectivity index (χ3v) is 4.77. The first-order valence-electron chi connectivity index (χ1n) is 9.35. The zero-order valence-corrected chi connectivity index (χ0v) is 16.4. The lowest BCUT2D eigenvalue weighted by Gasteiger charge is -2.39. The fourth-order valence-electron chi connectivity index (χ4n) is 3.31. The molecule has 3 heterocycles. The van der Waals surface area contributed by atoms with Crippen molar-refractivity contribution in [3.63, 3.8) is 0 Å². The fourth-order valence-corrected chi connectivity index (χ4v) is 3.31. The zero-order valence-electron chi connectivity index (χ0n) is 16.4. The van der Waals surface area contributed by atoms with E-state index in [-0.39, 0.29) is 17.6 Å². The fraction of sp³-hybridized carbons (Fsp3) is 0.300. The molecule has 0 aliphatic carbocycles. The van der Waals surface area contributed by atoms with Crippen molar-refractivity contribution in [3.8, 4) is 11.6 Å². The van der Waals surface area contributed by atoms with Gasteiger partial charge in [0.2, 0.25) is 5.91 Å². The Morgan fingerprint density at radius 3 is 2.63 bits per heavy atom. The van der Waals surface area contributed by atoms with E-state index in [9.17, 15) is 13.6 Å². The molecule has 0 saturated carbocycles. The number of aryl methyl sites for hydroxylation is 2. The van der Waals surface area contributed by atoms with Crippen LogP contribution in [0.2, 0.25) is 0 Å². The summed E-state index contributed by atoms with van der Waals surface area (Å²) in [6.45, 7) is 1.94. The zero-order chi connectivity index (χ0) is 21.3. The lowest BCUT2D eigenvalue weighted by atomic mass is 9.99. The van der Waals surface area contributed by atoms with Gasteiger partial charge >= 0.3 is 6.61 Å². The van der Waals surface area contributed by atoms with E-state index in [1.54, 1.807) is 16.8 Å². The second-order valence-corrected chi connectivity index (χ2v) is 7.07. The Bertz CT molecular complexity index is 1060. The van der Waals surface area contributed by atoms with Crippen molar-refractivity contribution >= 4 is 17.4 Å². The molecule has 0 spiro atoms. The number of nitrogens with zero attached hydrogens (tertiary/aromatic N) is 5. The number of carbonyl (C=O) groups is 1. The van der Waals surface area contributed by atoms with Crippen molar-refractivity contribution in [1.29, 1.82) is 0 Å². The van der Waals surface area contributed by atoms with Gasteiger partial charge in [-0.25, -0.2) is 14.6 Å². The highest BCUT2D eigenvalue weighted by atomic mass is 19.3. The Morgan fingerprint density at radius 1 is 1.17 bits per heavy atom. The summed E-state index contributed by atoms with van der Waals surface area (Å²) in [5.41, 5.74) is 2.28. The topological polar surface area (TPSA) is 85.2 Å². The summed E-state index contributed by atoms with van der Waals surface area (Å²) < 4.78 is 30.8. The second kappa shape index (κ2) is 8.05. The molecule has 1 aromatic carbocycles. The first-order valence-corrected chi connectivity index (χ1v) is 9.35. The van der Waals surface area contributed by atoms with Crippen LogP contribution in [-0.2, 0) is 4.79 Å². The highest BCUT2D eigenvalue weighted by molar-refractivity contribution is 5.94. The van der Waals surface area contributed by atoms with E-state index in [0.717, 1.165) is 11.4 Å². The molecule has 1 fully saturated rings. The molecule has 8 nitrogen and oxygen atoms in total. The number of benzene rings is 1. The van der Waals surface area contributed by atoms with Gasteiger partial charge in [0, 0.05) is 36.6 Å². The minimum Gasteiger partial charge on any atom is -0.435 e. The number of carbonyl (C=O) groups excluding carboxylic acids is 1. The monoisotopic (exact) mass is 414 g/mol. The number of amides is 1. The smallest absolute Gasteiger partial charge is 0.387 e. The molecule has 3 aromatic rings. The summed E-state index contributed by atoms with van der Waals surface area (Å²) in [6.07, 6.45) is 1.48. The van der Waals surface area contributed by atoms with Gasteiger partial charge in [0.05, 0.1) is 11.6 Å². The van der Waals surface area contributed by atoms with Crippen LogP contribution in [0.4, 0.5) is 20.3 Å². The van der Waals surface area contributed by atoms with Crippen LogP contribution >= 0.6 is 0 Å². The molecule has 156 valence electrons. The molecule has 10 heteroatoms. The van der Waals surface area contributed by atoms with Crippen LogP contribution < -0.4 is 15.0 Å². The summed E-state index contributed by atoms with van der Waals surface area (Å²) in [5, 5.41) is 7.17. The van der Waals surface area contributed by atoms with Crippen molar-refractivity contribution < 1.29 is 18.3 Å². The molecule has 1 amide bonds. The Labute approximate surface area is 171 Å². The molecular weight excluding hydrogens is 394 g/mol. The number of hydrogen-bond acceptors (Lipinski definition) is 6. The van der Waals surface area contributed by atoms with Gasteiger partial charge in [0.15, 0.2) is 5.82 Å². The summed E-state index contributed by atoms with van der Waals surface area (Å²) in [6, 6.07) is 9.74. The predicted octanol–water partition coefficient (Wildman–Crippen LogP) is 2.96. The van der Waals surface area contributed by atoms with Gasteiger partial charge in [0.25, 0.3) is 0 Å². The lowest BCUT2D eigenvalue weighted by molar-refractivity contribution is -0.120. The number of halogens is 2. The molecule has 4 rings (SSSR count). The third-order valence-electron chi connectivity index (χ3n) is 4.77. The SMILES string of the molecule is Cc1cc(C)n(-c2cc(N3CC(C(=O)Nc4cccc(OC(F)F)c4)C3)ncn2)n1. The molecular formula is C20H20F2N6O2. The number of nitrogens with one attached hydrogen (secondary N) is 1. The maximum Gasteiger partial charge on any atom is 0.387 e. The number of ether oxygens (including phenoxy) is 1. The molecule has 1 N–H and O–H groups in total. The largest absolute Gasteiger partial charge is 0.435 e. The molecule has 1 saturated heterocycles. The van der Waals surface area contributed by atoms with Crippen molar-refractivity contribution in [2.75, 3.05) is 23.3 Å². The number of aromatic nitrogens is 4. The molecule has 0 bridgehead atoms. The van der Waals surface area contributed by atoms with Crippen LogP contribution in [0.25, 0.3) is 5.82 Å². The van der Waals surface area contributed by atoms with Crippen LogP contribution in [0.1, 0.15) is 11.4 Å². The average molecular weight is 414 g/mol. The van der Waals surface area contributed by atoms with E-state index in [1.807, 2.05) is 30.9 Å². The van der Waals surface area contributed by atoms with E-state index in [2.05, 4.69) is 25.1 Å². The number of rotatable bonds is 6. The van der Waals surface area contributed by atoms with Crippen molar-refractivity contribution in [1.82, 2.24) is 19.7 Å². The van der Waals surface area contributed by atoms with E-state index < -0.39 is 6.61 Å². The van der Waals surface area contributed by atoms with Crippen LogP contribution in [-0.4, -0.2) is 45.4 Å². The molecule has 1 aliphatic heterocycles. The van der Waals surface area contributed by atoms with E-state index in [4.69, 9.17) is 0 Å². The van der Waals surface area contributed by atoms with Gasteiger partial charge in [0.1, 0.15) is 17.9 Å². The summed E-state index contributed by atoms with van der Waals surface area (Å²) in [4.78, 5) is 23.0. The number of anilines is 2. The van der Waals surface area contributed by atoms with Gasteiger partial charge in [-0.15, -0.1) is 0 Å². The maximum atomic E-state index is 12.5. The highest BCUT2D eigenvalue weighted by Crippen LogP contribution is 2.26. The van der Waals surface area contributed by atoms with Crippen LogP contribution in [0, 0.1) is 19.8 Å². The Hall–Kier alpha value is -3.56. The van der Waals surface area contributed by atoms with E-state index in [1.165, 1.54) is 18.5 Å². The van der Waals surface area contributed by atoms with Gasteiger partial charge in [-0.05, 0) is 32.0 Å². The third kappa shape index (κ3) is 4.22. The van der Waals surface area contributed by atoms with Crippen LogP contribution in [0.5, 0.6) is 5.75 Å². The second-order valence-electron chi connectivity index (χ2n) is 7.07. The molecule has 0 radical (unpaired) electrons. The van der Waals surface area contributed by atoms with E-state index >= 15 is 0 Å².